The van der Waals surface area contributed by atoms with Gasteiger partial charge < -0.3 is 10.5 Å². The average Bonchev–Trinajstić information content (AvgIpc) is 2.85. The molecule has 2 aromatic rings. The van der Waals surface area contributed by atoms with Gasteiger partial charge in [-0.1, -0.05) is 28.1 Å². The number of hydrogen-bond acceptors (Lipinski definition) is 2. The third-order valence-electron chi connectivity index (χ3n) is 3.34. The lowest BCUT2D eigenvalue weighted by Gasteiger charge is -2.16. The van der Waals surface area contributed by atoms with Crippen molar-refractivity contribution in [2.45, 2.75) is 12.5 Å². The van der Waals surface area contributed by atoms with E-state index in [2.05, 4.69) is 74.9 Å². The van der Waals surface area contributed by atoms with Crippen molar-refractivity contribution in [2.24, 2.45) is 5.73 Å². The number of hydrogen-bond donors (Lipinski definition) is 1. The maximum atomic E-state index is 6.41. The summed E-state index contributed by atoms with van der Waals surface area (Å²) < 4.78 is 8.02. The molecule has 3 rings (SSSR count). The molecule has 1 heterocycles. The topological polar surface area (TPSA) is 35.2 Å². The Bertz CT molecular complexity index is 612. The third kappa shape index (κ3) is 2.66. The molecule has 1 aliphatic heterocycles. The number of nitrogens with two attached hydrogens (primary N) is 1. The van der Waals surface area contributed by atoms with Crippen LogP contribution in [0.5, 0.6) is 5.75 Å². The second-order valence-corrected chi connectivity index (χ2v) is 6.77. The molecule has 0 bridgehead atoms. The Morgan fingerprint density at radius 1 is 1.21 bits per heavy atom. The van der Waals surface area contributed by atoms with Crippen LogP contribution in [0.3, 0.4) is 0 Å². The molecule has 98 valence electrons. The smallest absolute Gasteiger partial charge is 0.127 e. The van der Waals surface area contributed by atoms with E-state index in [9.17, 15) is 0 Å². The minimum absolute atomic E-state index is 0.152. The van der Waals surface area contributed by atoms with E-state index in [1.165, 1.54) is 9.13 Å². The zero-order chi connectivity index (χ0) is 13.4. The summed E-state index contributed by atoms with van der Waals surface area (Å²) in [5, 5.41) is 0. The van der Waals surface area contributed by atoms with Crippen LogP contribution in [0.4, 0.5) is 0 Å². The second kappa shape index (κ2) is 5.42. The standard InChI is InChI=1S/C15H13BrINO/c16-11-7-10-5-6-19-15(10)13(8-11)14(18)9-1-3-12(17)4-2-9/h1-4,7-8,14H,5-6,18H2. The van der Waals surface area contributed by atoms with Crippen LogP contribution >= 0.6 is 38.5 Å². The summed E-state index contributed by atoms with van der Waals surface area (Å²) >= 11 is 5.85. The first-order valence-electron chi connectivity index (χ1n) is 6.11. The van der Waals surface area contributed by atoms with E-state index in [1.54, 1.807) is 0 Å². The van der Waals surface area contributed by atoms with E-state index in [0.29, 0.717) is 0 Å². The van der Waals surface area contributed by atoms with Crippen LogP contribution in [-0.4, -0.2) is 6.61 Å². The monoisotopic (exact) mass is 429 g/mol. The van der Waals surface area contributed by atoms with E-state index in [0.717, 1.165) is 34.4 Å². The Labute approximate surface area is 134 Å². The number of ether oxygens (including phenoxy) is 1. The first kappa shape index (κ1) is 13.4. The van der Waals surface area contributed by atoms with Gasteiger partial charge in [0.25, 0.3) is 0 Å². The summed E-state index contributed by atoms with van der Waals surface area (Å²) in [7, 11) is 0. The average molecular weight is 430 g/mol. The minimum Gasteiger partial charge on any atom is -0.493 e. The Morgan fingerprint density at radius 2 is 1.95 bits per heavy atom. The van der Waals surface area contributed by atoms with Crippen LogP contribution in [0.1, 0.15) is 22.7 Å². The summed E-state index contributed by atoms with van der Waals surface area (Å²) in [4.78, 5) is 0. The number of rotatable bonds is 2. The SMILES string of the molecule is NC(c1ccc(I)cc1)c1cc(Br)cc2c1OCC2. The van der Waals surface area contributed by atoms with Gasteiger partial charge in [0.1, 0.15) is 5.75 Å². The predicted octanol–water partition coefficient (Wildman–Crippen LogP) is 4.04. The van der Waals surface area contributed by atoms with Crippen LogP contribution in [-0.2, 0) is 6.42 Å². The predicted molar refractivity (Wildman–Crippen MR) is 88.5 cm³/mol. The molecular formula is C15H13BrINO. The van der Waals surface area contributed by atoms with Crippen molar-refractivity contribution in [3.05, 3.63) is 61.1 Å². The first-order valence-corrected chi connectivity index (χ1v) is 7.98. The van der Waals surface area contributed by atoms with E-state index < -0.39 is 0 Å². The fourth-order valence-corrected chi connectivity index (χ4v) is 3.26. The molecule has 1 unspecified atom stereocenters. The number of halogens is 2. The molecule has 1 atom stereocenters. The maximum Gasteiger partial charge on any atom is 0.127 e. The summed E-state index contributed by atoms with van der Waals surface area (Å²) in [5.74, 6) is 0.967. The molecule has 2 N–H and O–H groups in total. The summed E-state index contributed by atoms with van der Waals surface area (Å²) in [5.41, 5.74) is 9.81. The summed E-state index contributed by atoms with van der Waals surface area (Å²) in [6, 6.07) is 12.3. The van der Waals surface area contributed by atoms with Gasteiger partial charge in [-0.3, -0.25) is 0 Å². The van der Waals surface area contributed by atoms with Gasteiger partial charge >= 0.3 is 0 Å². The Balaban J connectivity index is 2.04. The highest BCUT2D eigenvalue weighted by Crippen LogP contribution is 2.37. The largest absolute Gasteiger partial charge is 0.493 e. The molecule has 2 aromatic carbocycles. The Morgan fingerprint density at radius 3 is 2.68 bits per heavy atom. The minimum atomic E-state index is -0.152. The molecule has 0 aromatic heterocycles. The van der Waals surface area contributed by atoms with Crippen molar-refractivity contribution >= 4 is 38.5 Å². The highest BCUT2D eigenvalue weighted by atomic mass is 127. The zero-order valence-electron chi connectivity index (χ0n) is 10.2. The molecule has 0 amide bonds. The lowest BCUT2D eigenvalue weighted by molar-refractivity contribution is 0.352. The summed E-state index contributed by atoms with van der Waals surface area (Å²) in [6.07, 6.45) is 0.960. The molecule has 19 heavy (non-hydrogen) atoms. The highest BCUT2D eigenvalue weighted by molar-refractivity contribution is 14.1. The third-order valence-corrected chi connectivity index (χ3v) is 4.52. The van der Waals surface area contributed by atoms with Crippen molar-refractivity contribution < 1.29 is 4.74 Å². The Hall–Kier alpha value is -0.590. The number of benzene rings is 2. The van der Waals surface area contributed by atoms with Crippen LogP contribution in [0, 0.1) is 3.57 Å². The molecule has 0 spiro atoms. The molecule has 4 heteroatoms. The lowest BCUT2D eigenvalue weighted by Crippen LogP contribution is -2.13. The molecule has 0 fully saturated rings. The van der Waals surface area contributed by atoms with Gasteiger partial charge in [0.2, 0.25) is 0 Å². The molecule has 0 radical (unpaired) electrons. The van der Waals surface area contributed by atoms with Crippen LogP contribution in [0.25, 0.3) is 0 Å². The maximum absolute atomic E-state index is 6.41. The second-order valence-electron chi connectivity index (χ2n) is 4.61. The van der Waals surface area contributed by atoms with Crippen LogP contribution in [0.15, 0.2) is 40.9 Å². The van der Waals surface area contributed by atoms with Crippen LogP contribution < -0.4 is 10.5 Å². The first-order chi connectivity index (χ1) is 9.15. The lowest BCUT2D eigenvalue weighted by atomic mass is 9.97. The molecule has 0 saturated carbocycles. The van der Waals surface area contributed by atoms with Gasteiger partial charge in [-0.15, -0.1) is 0 Å². The molecule has 1 aliphatic rings. The fraction of sp³-hybridized carbons (Fsp3) is 0.200. The normalized spacial score (nSPS) is 14.9. The zero-order valence-corrected chi connectivity index (χ0v) is 13.9. The van der Waals surface area contributed by atoms with Gasteiger partial charge in [0.05, 0.1) is 12.6 Å². The van der Waals surface area contributed by atoms with Crippen molar-refractivity contribution in [1.82, 2.24) is 0 Å². The van der Waals surface area contributed by atoms with Crippen LogP contribution in [0.2, 0.25) is 0 Å². The van der Waals surface area contributed by atoms with E-state index in [-0.39, 0.29) is 6.04 Å². The number of fused-ring (bicyclic) bond motifs is 1. The van der Waals surface area contributed by atoms with Gasteiger partial charge in [-0.25, -0.2) is 0 Å². The van der Waals surface area contributed by atoms with Crippen molar-refractivity contribution in [3.8, 4) is 5.75 Å². The van der Waals surface area contributed by atoms with Crippen molar-refractivity contribution in [3.63, 3.8) is 0 Å². The molecular weight excluding hydrogens is 417 g/mol. The summed E-state index contributed by atoms with van der Waals surface area (Å²) in [6.45, 7) is 0.748. The van der Waals surface area contributed by atoms with Crippen molar-refractivity contribution in [2.75, 3.05) is 6.61 Å². The van der Waals surface area contributed by atoms with Gasteiger partial charge in [0.15, 0.2) is 0 Å². The van der Waals surface area contributed by atoms with Gasteiger partial charge in [0, 0.05) is 20.0 Å². The van der Waals surface area contributed by atoms with E-state index in [1.807, 2.05) is 0 Å². The van der Waals surface area contributed by atoms with Gasteiger partial charge in [-0.05, 0) is 58.0 Å². The molecule has 0 saturated heterocycles. The van der Waals surface area contributed by atoms with E-state index >= 15 is 0 Å². The Kier molecular flexibility index (Phi) is 3.82. The highest BCUT2D eigenvalue weighted by Gasteiger charge is 2.22. The van der Waals surface area contributed by atoms with Gasteiger partial charge in [-0.2, -0.15) is 0 Å². The van der Waals surface area contributed by atoms with E-state index in [4.69, 9.17) is 10.5 Å². The molecule has 0 aliphatic carbocycles. The quantitative estimate of drug-likeness (QED) is 0.731. The fourth-order valence-electron chi connectivity index (χ4n) is 2.38. The van der Waals surface area contributed by atoms with Crippen molar-refractivity contribution in [1.29, 1.82) is 0 Å². The molecule has 2 nitrogen and oxygen atoms in total.